The van der Waals surface area contributed by atoms with Crippen LogP contribution < -0.4 is 15.5 Å². The number of carbonyl (C=O) groups is 3. The van der Waals surface area contributed by atoms with E-state index in [1.165, 1.54) is 35.7 Å². The van der Waals surface area contributed by atoms with E-state index in [1.54, 1.807) is 37.3 Å². The highest BCUT2D eigenvalue weighted by atomic mass is 19.1. The Hall–Kier alpha value is -4.01. The number of rotatable bonds is 8. The van der Waals surface area contributed by atoms with Gasteiger partial charge in [-0.25, -0.2) is 4.39 Å². The van der Waals surface area contributed by atoms with Crippen LogP contribution in [-0.4, -0.2) is 35.3 Å². The van der Waals surface area contributed by atoms with Gasteiger partial charge in [-0.2, -0.15) is 0 Å². The third-order valence-corrected chi connectivity index (χ3v) is 6.33. The molecule has 0 spiro atoms. The standard InChI is InChI=1S/C27H29FN4O4/c1-18-9-10-21(16-22(18)28)32(24(33)17-30-26(34)23-8-5-15-36-23)25(19-11-13-29-14-12-19)27(35)31-20-6-3-2-4-7-20/h5,8-16,20,25H,2-4,6-7,17H2,1H3,(H,30,34)(H,31,35)/t25-/m1/s1. The molecule has 9 heteroatoms. The lowest BCUT2D eigenvalue weighted by Gasteiger charge is -2.33. The average molecular weight is 493 g/mol. The molecule has 0 unspecified atom stereocenters. The number of halogens is 1. The number of carbonyl (C=O) groups excluding carboxylic acids is 3. The van der Waals surface area contributed by atoms with E-state index >= 15 is 0 Å². The molecule has 2 heterocycles. The smallest absolute Gasteiger partial charge is 0.287 e. The van der Waals surface area contributed by atoms with Crippen LogP contribution in [0.2, 0.25) is 0 Å². The van der Waals surface area contributed by atoms with Crippen LogP contribution in [0.5, 0.6) is 0 Å². The molecule has 8 nitrogen and oxygen atoms in total. The van der Waals surface area contributed by atoms with Gasteiger partial charge in [0.2, 0.25) is 11.8 Å². The summed E-state index contributed by atoms with van der Waals surface area (Å²) in [5.74, 6) is -1.99. The van der Waals surface area contributed by atoms with E-state index in [2.05, 4.69) is 15.6 Å². The fraction of sp³-hybridized carbons (Fsp3) is 0.333. The first-order valence-electron chi connectivity index (χ1n) is 12.0. The number of pyridine rings is 1. The zero-order valence-corrected chi connectivity index (χ0v) is 20.1. The Balaban J connectivity index is 1.68. The first kappa shape index (κ1) is 25.1. The number of aryl methyl sites for hydroxylation is 1. The van der Waals surface area contributed by atoms with Crippen LogP contribution in [0.4, 0.5) is 10.1 Å². The summed E-state index contributed by atoms with van der Waals surface area (Å²) in [7, 11) is 0. The monoisotopic (exact) mass is 492 g/mol. The molecule has 3 amide bonds. The van der Waals surface area contributed by atoms with Gasteiger partial charge in [0.25, 0.3) is 5.91 Å². The Kier molecular flexibility index (Phi) is 8.10. The molecular formula is C27H29FN4O4. The maximum atomic E-state index is 14.6. The topological polar surface area (TPSA) is 105 Å². The van der Waals surface area contributed by atoms with Crippen molar-refractivity contribution >= 4 is 23.4 Å². The third-order valence-electron chi connectivity index (χ3n) is 6.33. The molecule has 0 radical (unpaired) electrons. The molecule has 1 saturated carbocycles. The molecule has 2 N–H and O–H groups in total. The highest BCUT2D eigenvalue weighted by molar-refractivity contribution is 6.04. The molecule has 188 valence electrons. The number of amides is 3. The number of furan rings is 1. The lowest BCUT2D eigenvalue weighted by molar-refractivity contribution is -0.127. The fourth-order valence-corrected chi connectivity index (χ4v) is 4.40. The number of hydrogen-bond donors (Lipinski definition) is 2. The summed E-state index contributed by atoms with van der Waals surface area (Å²) >= 11 is 0. The lowest BCUT2D eigenvalue weighted by atomic mass is 9.94. The summed E-state index contributed by atoms with van der Waals surface area (Å²) in [6, 6.07) is 9.61. The van der Waals surface area contributed by atoms with E-state index in [9.17, 15) is 18.8 Å². The molecule has 2 aromatic heterocycles. The molecule has 36 heavy (non-hydrogen) atoms. The van der Waals surface area contributed by atoms with Crippen molar-refractivity contribution in [1.29, 1.82) is 0 Å². The largest absolute Gasteiger partial charge is 0.459 e. The van der Waals surface area contributed by atoms with E-state index < -0.39 is 30.2 Å². The molecule has 0 bridgehead atoms. The summed E-state index contributed by atoms with van der Waals surface area (Å²) in [4.78, 5) is 44.9. The van der Waals surface area contributed by atoms with Gasteiger partial charge in [-0.05, 0) is 67.3 Å². The highest BCUT2D eigenvalue weighted by Gasteiger charge is 2.34. The normalized spacial score (nSPS) is 14.6. The SMILES string of the molecule is Cc1ccc(N(C(=O)CNC(=O)c2ccco2)[C@@H](C(=O)NC2CCCCC2)c2ccncc2)cc1F. The number of nitrogens with zero attached hydrogens (tertiary/aromatic N) is 2. The Bertz CT molecular complexity index is 1190. The maximum absolute atomic E-state index is 14.6. The van der Waals surface area contributed by atoms with Crippen LogP contribution in [0.15, 0.2) is 65.5 Å². The van der Waals surface area contributed by atoms with E-state index in [0.717, 1.165) is 32.1 Å². The minimum Gasteiger partial charge on any atom is -0.459 e. The number of benzene rings is 1. The second-order valence-corrected chi connectivity index (χ2v) is 8.88. The number of hydrogen-bond acceptors (Lipinski definition) is 5. The molecule has 1 atom stereocenters. The Morgan fingerprint density at radius 2 is 1.86 bits per heavy atom. The third kappa shape index (κ3) is 5.97. The number of anilines is 1. The van der Waals surface area contributed by atoms with Crippen LogP contribution in [-0.2, 0) is 9.59 Å². The Morgan fingerprint density at radius 3 is 2.53 bits per heavy atom. The summed E-state index contributed by atoms with van der Waals surface area (Å²) in [6.07, 6.45) is 9.32. The van der Waals surface area contributed by atoms with Crippen molar-refractivity contribution in [2.45, 2.75) is 51.1 Å². The van der Waals surface area contributed by atoms with Crippen molar-refractivity contribution in [3.05, 3.63) is 83.8 Å². The summed E-state index contributed by atoms with van der Waals surface area (Å²) < 4.78 is 19.7. The van der Waals surface area contributed by atoms with Gasteiger partial charge in [0.15, 0.2) is 5.76 Å². The second kappa shape index (κ2) is 11.6. The Labute approximate surface area is 208 Å². The van der Waals surface area contributed by atoms with E-state index in [0.29, 0.717) is 11.1 Å². The maximum Gasteiger partial charge on any atom is 0.287 e. The Morgan fingerprint density at radius 1 is 1.11 bits per heavy atom. The van der Waals surface area contributed by atoms with Crippen molar-refractivity contribution < 1.29 is 23.2 Å². The molecule has 3 aromatic rings. The molecule has 4 rings (SSSR count). The fourth-order valence-electron chi connectivity index (χ4n) is 4.40. The summed E-state index contributed by atoms with van der Waals surface area (Å²) in [6.45, 7) is 1.19. The van der Waals surface area contributed by atoms with Crippen molar-refractivity contribution in [3.8, 4) is 0 Å². The molecule has 0 saturated heterocycles. The average Bonchev–Trinajstić information content (AvgIpc) is 3.44. The molecule has 1 aliphatic carbocycles. The number of aromatic nitrogens is 1. The lowest BCUT2D eigenvalue weighted by Crippen LogP contribution is -2.49. The van der Waals surface area contributed by atoms with Crippen LogP contribution in [0.1, 0.15) is 59.8 Å². The van der Waals surface area contributed by atoms with Gasteiger partial charge in [-0.15, -0.1) is 0 Å². The van der Waals surface area contributed by atoms with Gasteiger partial charge in [0.1, 0.15) is 11.9 Å². The molecule has 1 fully saturated rings. The minimum atomic E-state index is -1.09. The van der Waals surface area contributed by atoms with Gasteiger partial charge in [0, 0.05) is 24.1 Å². The van der Waals surface area contributed by atoms with E-state index in [1.807, 2.05) is 0 Å². The zero-order valence-electron chi connectivity index (χ0n) is 20.1. The molecule has 1 aromatic carbocycles. The van der Waals surface area contributed by atoms with Crippen molar-refractivity contribution in [2.24, 2.45) is 0 Å². The minimum absolute atomic E-state index is 0.000878. The number of nitrogens with one attached hydrogen (secondary N) is 2. The van der Waals surface area contributed by atoms with Gasteiger partial charge in [-0.3, -0.25) is 24.3 Å². The van der Waals surface area contributed by atoms with Crippen LogP contribution >= 0.6 is 0 Å². The van der Waals surface area contributed by atoms with Crippen molar-refractivity contribution in [2.75, 3.05) is 11.4 Å². The first-order chi connectivity index (χ1) is 17.4. The van der Waals surface area contributed by atoms with Gasteiger partial charge in [0.05, 0.1) is 12.8 Å². The van der Waals surface area contributed by atoms with Crippen LogP contribution in [0, 0.1) is 12.7 Å². The van der Waals surface area contributed by atoms with Crippen LogP contribution in [0.3, 0.4) is 0 Å². The first-order valence-corrected chi connectivity index (χ1v) is 12.0. The molecular weight excluding hydrogens is 463 g/mol. The molecule has 1 aliphatic rings. The van der Waals surface area contributed by atoms with Crippen molar-refractivity contribution in [3.63, 3.8) is 0 Å². The zero-order chi connectivity index (χ0) is 25.5. The van der Waals surface area contributed by atoms with Crippen LogP contribution in [0.25, 0.3) is 0 Å². The molecule has 0 aliphatic heterocycles. The van der Waals surface area contributed by atoms with Gasteiger partial charge >= 0.3 is 0 Å². The van der Waals surface area contributed by atoms with E-state index in [-0.39, 0.29) is 23.4 Å². The summed E-state index contributed by atoms with van der Waals surface area (Å²) in [5.41, 5.74) is 1.13. The van der Waals surface area contributed by atoms with E-state index in [4.69, 9.17) is 4.42 Å². The second-order valence-electron chi connectivity index (χ2n) is 8.88. The quantitative estimate of drug-likeness (QED) is 0.493. The predicted molar refractivity (Wildman–Crippen MR) is 132 cm³/mol. The summed E-state index contributed by atoms with van der Waals surface area (Å²) in [5, 5.41) is 5.61. The van der Waals surface area contributed by atoms with Gasteiger partial charge in [-0.1, -0.05) is 25.3 Å². The predicted octanol–water partition coefficient (Wildman–Crippen LogP) is 4.08. The van der Waals surface area contributed by atoms with Crippen molar-refractivity contribution in [1.82, 2.24) is 15.6 Å². The van der Waals surface area contributed by atoms with Gasteiger partial charge < -0.3 is 15.1 Å². The highest BCUT2D eigenvalue weighted by Crippen LogP contribution is 2.30.